The molecule has 5 nitrogen and oxygen atoms in total. The summed E-state index contributed by atoms with van der Waals surface area (Å²) in [5.41, 5.74) is 0. The average molecular weight is 361 g/mol. The van der Waals surface area contributed by atoms with Crippen molar-refractivity contribution in [3.8, 4) is 0 Å². The van der Waals surface area contributed by atoms with Crippen LogP contribution in [-0.2, 0) is 16.6 Å². The van der Waals surface area contributed by atoms with Gasteiger partial charge < -0.3 is 9.73 Å². The second-order valence-corrected chi connectivity index (χ2v) is 6.54. The maximum absolute atomic E-state index is 12.3. The van der Waals surface area contributed by atoms with Crippen molar-refractivity contribution in [1.82, 2.24) is 9.62 Å². The third-order valence-corrected chi connectivity index (χ3v) is 5.02. The van der Waals surface area contributed by atoms with E-state index < -0.39 is 23.0 Å². The van der Waals surface area contributed by atoms with Crippen LogP contribution in [0.25, 0.3) is 0 Å². The van der Waals surface area contributed by atoms with Gasteiger partial charge in [0.2, 0.25) is 10.0 Å². The van der Waals surface area contributed by atoms with E-state index in [4.69, 9.17) is 4.42 Å². The largest absolute Gasteiger partial charge is 0.452 e. The molecule has 0 amide bonds. The maximum atomic E-state index is 12.3. The number of rotatable bonds is 7. The normalized spacial score (nSPS) is 12.6. The van der Waals surface area contributed by atoms with Crippen molar-refractivity contribution in [2.75, 3.05) is 20.1 Å². The summed E-state index contributed by atoms with van der Waals surface area (Å²) in [5.74, 6) is 0.415. The number of hydrogen-bond acceptors (Lipinski definition) is 4. The summed E-state index contributed by atoms with van der Waals surface area (Å²) in [7, 11) is -2.88. The van der Waals surface area contributed by atoms with E-state index in [-0.39, 0.29) is 9.56 Å². The molecule has 0 aliphatic rings. The number of nitrogens with zero attached hydrogens (tertiary/aromatic N) is 1. The number of sulfonamides is 1. The van der Waals surface area contributed by atoms with E-state index in [2.05, 4.69) is 21.2 Å². The van der Waals surface area contributed by atoms with E-state index in [9.17, 15) is 17.2 Å². The van der Waals surface area contributed by atoms with Crippen molar-refractivity contribution in [2.24, 2.45) is 0 Å². The van der Waals surface area contributed by atoms with Crippen molar-refractivity contribution in [2.45, 2.75) is 24.8 Å². The molecule has 0 saturated carbocycles. The Morgan fingerprint density at radius 3 is 2.68 bits per heavy atom. The monoisotopic (exact) mass is 360 g/mol. The topological polar surface area (TPSA) is 62.6 Å². The van der Waals surface area contributed by atoms with Gasteiger partial charge in [0.15, 0.2) is 4.67 Å². The molecular weight excluding hydrogens is 346 g/mol. The van der Waals surface area contributed by atoms with Gasteiger partial charge in [-0.25, -0.2) is 17.2 Å². The van der Waals surface area contributed by atoms with E-state index >= 15 is 0 Å². The summed E-state index contributed by atoms with van der Waals surface area (Å²) in [6, 6.07) is 1.32. The molecule has 1 aromatic heterocycles. The third kappa shape index (κ3) is 4.23. The molecule has 1 heterocycles. The molecule has 0 aromatic carbocycles. The van der Waals surface area contributed by atoms with E-state index in [1.807, 2.05) is 6.92 Å². The molecule has 9 heteroatoms. The van der Waals surface area contributed by atoms with Crippen LogP contribution >= 0.6 is 15.9 Å². The van der Waals surface area contributed by atoms with Gasteiger partial charge in [-0.3, -0.25) is 0 Å². The lowest BCUT2D eigenvalue weighted by molar-refractivity contribution is 0.126. The van der Waals surface area contributed by atoms with Crippen molar-refractivity contribution < 1.29 is 21.6 Å². The highest BCUT2D eigenvalue weighted by Gasteiger charge is 2.28. The molecule has 110 valence electrons. The number of hydrogen-bond donors (Lipinski definition) is 1. The lowest BCUT2D eigenvalue weighted by Gasteiger charge is -2.15. The van der Waals surface area contributed by atoms with Crippen LogP contribution in [0.3, 0.4) is 0 Å². The van der Waals surface area contributed by atoms with Gasteiger partial charge in [-0.2, -0.15) is 4.31 Å². The first-order valence-corrected chi connectivity index (χ1v) is 7.75. The molecule has 0 unspecified atom stereocenters. The van der Waals surface area contributed by atoms with E-state index in [0.29, 0.717) is 23.2 Å². The first kappa shape index (κ1) is 16.5. The molecule has 0 spiro atoms. The van der Waals surface area contributed by atoms with Gasteiger partial charge in [0.05, 0.1) is 13.1 Å². The molecule has 19 heavy (non-hydrogen) atoms. The lowest BCUT2D eigenvalue weighted by Crippen LogP contribution is -2.31. The zero-order valence-electron chi connectivity index (χ0n) is 10.5. The highest BCUT2D eigenvalue weighted by molar-refractivity contribution is 9.10. The summed E-state index contributed by atoms with van der Waals surface area (Å²) in [4.78, 5) is -0.149. The molecule has 1 N–H and O–H groups in total. The van der Waals surface area contributed by atoms with Gasteiger partial charge in [-0.1, -0.05) is 6.92 Å². The van der Waals surface area contributed by atoms with Gasteiger partial charge in [0.1, 0.15) is 10.7 Å². The first-order valence-electron chi connectivity index (χ1n) is 5.52. The summed E-state index contributed by atoms with van der Waals surface area (Å²) in [5, 5.41) is 2.97. The second-order valence-electron chi connectivity index (χ2n) is 3.81. The van der Waals surface area contributed by atoms with Crippen molar-refractivity contribution >= 4 is 26.0 Å². The number of halogens is 3. The Morgan fingerprint density at radius 2 is 2.16 bits per heavy atom. The summed E-state index contributed by atoms with van der Waals surface area (Å²) in [6.07, 6.45) is -2.73. The molecule has 1 aromatic rings. The Labute approximate surface area is 119 Å². The van der Waals surface area contributed by atoms with Crippen molar-refractivity contribution in [3.05, 3.63) is 16.5 Å². The Morgan fingerprint density at radius 1 is 1.53 bits per heavy atom. The fraction of sp³-hybridized carbons (Fsp3) is 0.600. The average Bonchev–Trinajstić information content (AvgIpc) is 2.67. The molecule has 0 bridgehead atoms. The minimum atomic E-state index is -3.98. The third-order valence-electron chi connectivity index (χ3n) is 2.34. The Balaban J connectivity index is 2.98. The van der Waals surface area contributed by atoms with Crippen LogP contribution < -0.4 is 5.32 Å². The SMILES string of the molecule is CCNCc1cc(S(=O)(=O)N(C)CC(F)F)c(Br)o1. The number of nitrogens with one attached hydrogen (secondary N) is 1. The van der Waals surface area contributed by atoms with Crippen molar-refractivity contribution in [1.29, 1.82) is 0 Å². The van der Waals surface area contributed by atoms with Crippen LogP contribution in [0.4, 0.5) is 8.78 Å². The van der Waals surface area contributed by atoms with Gasteiger partial charge in [-0.05, 0) is 22.5 Å². The van der Waals surface area contributed by atoms with Crippen LogP contribution in [0, 0.1) is 0 Å². The van der Waals surface area contributed by atoms with Crippen LogP contribution in [0.15, 0.2) is 20.0 Å². The molecule has 0 atom stereocenters. The van der Waals surface area contributed by atoms with Crippen LogP contribution in [0.1, 0.15) is 12.7 Å². The molecule has 1 rings (SSSR count). The zero-order valence-corrected chi connectivity index (χ0v) is 12.9. The van der Waals surface area contributed by atoms with Crippen LogP contribution in [0.2, 0.25) is 0 Å². The minimum Gasteiger partial charge on any atom is -0.452 e. The Kier molecular flexibility index (Phi) is 5.90. The van der Waals surface area contributed by atoms with Crippen molar-refractivity contribution in [3.63, 3.8) is 0 Å². The minimum absolute atomic E-state index is 0.0153. The van der Waals surface area contributed by atoms with Gasteiger partial charge in [-0.15, -0.1) is 0 Å². The van der Waals surface area contributed by atoms with Crippen LogP contribution in [0.5, 0.6) is 0 Å². The smallest absolute Gasteiger partial charge is 0.252 e. The fourth-order valence-corrected chi connectivity index (χ4v) is 3.47. The Bertz CT molecular complexity index is 519. The van der Waals surface area contributed by atoms with E-state index in [1.54, 1.807) is 0 Å². The first-order chi connectivity index (χ1) is 8.78. The summed E-state index contributed by atoms with van der Waals surface area (Å²) >= 11 is 2.99. The predicted molar refractivity (Wildman–Crippen MR) is 69.6 cm³/mol. The molecular formula is C10H15BrF2N2O3S. The lowest BCUT2D eigenvalue weighted by atomic mass is 10.4. The summed E-state index contributed by atoms with van der Waals surface area (Å²) in [6.45, 7) is 2.10. The van der Waals surface area contributed by atoms with Gasteiger partial charge in [0, 0.05) is 13.1 Å². The molecule has 0 aliphatic heterocycles. The molecule has 0 saturated heterocycles. The van der Waals surface area contributed by atoms with E-state index in [0.717, 1.165) is 7.05 Å². The second kappa shape index (κ2) is 6.78. The molecule has 0 aliphatic carbocycles. The fourth-order valence-electron chi connectivity index (χ4n) is 1.37. The van der Waals surface area contributed by atoms with Gasteiger partial charge in [0.25, 0.3) is 6.43 Å². The maximum Gasteiger partial charge on any atom is 0.252 e. The van der Waals surface area contributed by atoms with Crippen LogP contribution in [-0.4, -0.2) is 39.3 Å². The van der Waals surface area contributed by atoms with E-state index in [1.165, 1.54) is 6.07 Å². The number of furan rings is 1. The predicted octanol–water partition coefficient (Wildman–Crippen LogP) is 2.04. The molecule has 0 fully saturated rings. The quantitative estimate of drug-likeness (QED) is 0.808. The molecule has 0 radical (unpaired) electrons. The Hall–Kier alpha value is -0.510. The highest BCUT2D eigenvalue weighted by atomic mass is 79.9. The summed E-state index contributed by atoms with van der Waals surface area (Å²) < 4.78 is 54.5. The van der Waals surface area contributed by atoms with Gasteiger partial charge >= 0.3 is 0 Å². The highest BCUT2D eigenvalue weighted by Crippen LogP contribution is 2.28. The number of alkyl halides is 2. The zero-order chi connectivity index (χ0) is 14.6. The standard InChI is InChI=1S/C10H15BrF2N2O3S/c1-3-14-5-7-4-8(10(11)18-7)19(16,17)15(2)6-9(12)13/h4,9,14H,3,5-6H2,1-2H3.